The second kappa shape index (κ2) is 10.1. The van der Waals surface area contributed by atoms with E-state index >= 15 is 8.78 Å². The lowest BCUT2D eigenvalue weighted by Gasteiger charge is -2.56. The Labute approximate surface area is 271 Å². The highest BCUT2D eigenvalue weighted by molar-refractivity contribution is 7.23. The van der Waals surface area contributed by atoms with Crippen molar-refractivity contribution in [3.63, 3.8) is 0 Å². The van der Waals surface area contributed by atoms with Gasteiger partial charge in [0, 0.05) is 63.5 Å². The molecule has 13 heteroatoms. The molecule has 9 nitrogen and oxygen atoms in total. The van der Waals surface area contributed by atoms with Crippen molar-refractivity contribution in [2.45, 2.75) is 62.7 Å². The van der Waals surface area contributed by atoms with Crippen LogP contribution in [-0.4, -0.2) is 83.3 Å². The fourth-order valence-corrected chi connectivity index (χ4v) is 9.58. The van der Waals surface area contributed by atoms with E-state index in [-0.39, 0.29) is 83.6 Å². The molecule has 0 spiro atoms. The molecule has 2 aromatic carbocycles. The number of nitrogens with zero attached hydrogens (tertiary/aromatic N) is 6. The monoisotopic (exact) mass is 650 g/mol. The number of nitriles is 1. The molecule has 238 valence electrons. The number of benzene rings is 2. The molecule has 46 heavy (non-hydrogen) atoms. The third kappa shape index (κ3) is 3.96. The number of rotatable bonds is 5. The number of ether oxygens (including phenoxy) is 2. The molecule has 2 unspecified atom stereocenters. The van der Waals surface area contributed by atoms with Crippen LogP contribution in [-0.2, 0) is 18.0 Å². The van der Waals surface area contributed by atoms with Crippen molar-refractivity contribution >= 4 is 43.1 Å². The van der Waals surface area contributed by atoms with Crippen molar-refractivity contribution in [3.8, 4) is 23.2 Å². The molecule has 6 aliphatic rings. The lowest BCUT2D eigenvalue weighted by molar-refractivity contribution is 0.107. The first-order chi connectivity index (χ1) is 23.5. The molecule has 8 heterocycles. The molecule has 5 saturated heterocycles. The smallest absolute Gasteiger partial charge is 0.319 e. The van der Waals surface area contributed by atoms with Gasteiger partial charge in [0.15, 0.2) is 5.82 Å². The van der Waals surface area contributed by atoms with Gasteiger partial charge in [-0.2, -0.15) is 15.2 Å². The minimum Gasteiger partial charge on any atom is -0.461 e. The first kappa shape index (κ1) is 25.4. The average Bonchev–Trinajstić information content (AvgIpc) is 3.82. The molecule has 0 radical (unpaired) electrons. The number of likely N-dealkylation sites (N-methyl/N-ethyl adjacent to an activating group) is 1. The topological polar surface area (TPSA) is 104 Å². The van der Waals surface area contributed by atoms with Gasteiger partial charge in [-0.05, 0) is 56.0 Å². The number of thiophene rings is 1. The number of alkyl halides is 1. The van der Waals surface area contributed by atoms with Crippen molar-refractivity contribution in [1.82, 2.24) is 19.8 Å². The third-order valence-electron chi connectivity index (χ3n) is 10.6. The molecule has 5 fully saturated rings. The van der Waals surface area contributed by atoms with Crippen molar-refractivity contribution in [2.24, 2.45) is 0 Å². The summed E-state index contributed by atoms with van der Waals surface area (Å²) < 4.78 is 84.5. The van der Waals surface area contributed by atoms with Crippen LogP contribution in [0.15, 0.2) is 12.1 Å². The highest BCUT2D eigenvalue weighted by Gasteiger charge is 2.50. The van der Waals surface area contributed by atoms with Gasteiger partial charge in [-0.1, -0.05) is 0 Å². The number of hydrogen-bond donors (Lipinski definition) is 1. The van der Waals surface area contributed by atoms with Gasteiger partial charge in [0.05, 0.1) is 29.7 Å². The Kier molecular flexibility index (Phi) is 5.60. The minimum atomic E-state index is -2.25. The van der Waals surface area contributed by atoms with Crippen LogP contribution in [0, 0.1) is 23.0 Å². The fourth-order valence-electron chi connectivity index (χ4n) is 8.65. The molecule has 4 aromatic rings. The number of hydrogen-bond acceptors (Lipinski definition) is 10. The van der Waals surface area contributed by atoms with E-state index in [1.54, 1.807) is 0 Å². The maximum Gasteiger partial charge on any atom is 0.319 e. The zero-order valence-electron chi connectivity index (χ0n) is 27.8. The Bertz CT molecular complexity index is 2100. The third-order valence-corrected chi connectivity index (χ3v) is 11.6. The highest BCUT2D eigenvalue weighted by atomic mass is 32.1. The number of nitrogen functional groups attached to an aromatic ring is 1. The molecule has 0 aliphatic carbocycles. The number of aromatic nitrogens is 2. The highest BCUT2D eigenvalue weighted by Crippen LogP contribution is 2.49. The van der Waals surface area contributed by atoms with Gasteiger partial charge in [-0.3, -0.25) is 4.90 Å². The maximum absolute atomic E-state index is 17.4. The second-order valence-corrected chi connectivity index (χ2v) is 14.2. The quantitative estimate of drug-likeness (QED) is 0.315. The SMILES string of the molecule is [2H]C([2H])([2H])N1CC2CC(C1)N2c1nc(OC[C@@]23CCCN2C[C@H](F)C3)nc2c(F)c(-c3c(F)ccc4sc(N)c(C#N)c34)c3c(c12)COC3. The van der Waals surface area contributed by atoms with Crippen LogP contribution in [0.4, 0.5) is 24.0 Å². The first-order valence-corrected chi connectivity index (χ1v) is 16.4. The summed E-state index contributed by atoms with van der Waals surface area (Å²) >= 11 is 1.13. The number of fused-ring (bicyclic) bond motifs is 7. The van der Waals surface area contributed by atoms with Gasteiger partial charge in [0.1, 0.15) is 41.0 Å². The van der Waals surface area contributed by atoms with E-state index in [1.807, 2.05) is 4.90 Å². The van der Waals surface area contributed by atoms with Gasteiger partial charge in [-0.15, -0.1) is 11.3 Å². The van der Waals surface area contributed by atoms with E-state index in [1.165, 1.54) is 17.0 Å². The number of halogens is 3. The van der Waals surface area contributed by atoms with E-state index in [9.17, 15) is 9.65 Å². The van der Waals surface area contributed by atoms with Crippen LogP contribution in [0.1, 0.15) is 46.5 Å². The number of piperidine rings is 1. The number of piperazine rings is 1. The molecule has 0 saturated carbocycles. The minimum absolute atomic E-state index is 0.00497. The first-order valence-electron chi connectivity index (χ1n) is 17.1. The van der Waals surface area contributed by atoms with Crippen molar-refractivity contribution in [1.29, 1.82) is 5.26 Å². The van der Waals surface area contributed by atoms with Crippen LogP contribution in [0.5, 0.6) is 6.01 Å². The maximum atomic E-state index is 17.4. The molecular weight excluding hydrogens is 615 g/mol. The second-order valence-electron chi connectivity index (χ2n) is 13.2. The molecule has 10 rings (SSSR count). The summed E-state index contributed by atoms with van der Waals surface area (Å²) in [5, 5.41) is 10.8. The van der Waals surface area contributed by atoms with Gasteiger partial charge >= 0.3 is 6.01 Å². The number of anilines is 2. The molecule has 2 aromatic heterocycles. The van der Waals surface area contributed by atoms with Crippen LogP contribution >= 0.6 is 11.3 Å². The van der Waals surface area contributed by atoms with Crippen molar-refractivity contribution in [3.05, 3.63) is 40.5 Å². The van der Waals surface area contributed by atoms with E-state index in [0.29, 0.717) is 40.0 Å². The summed E-state index contributed by atoms with van der Waals surface area (Å²) in [6.07, 6.45) is 1.77. The molecule has 0 amide bonds. The summed E-state index contributed by atoms with van der Waals surface area (Å²) in [5.41, 5.74) is 6.52. The number of nitrogens with two attached hydrogens (primary N) is 1. The standard InChI is InChI=1S/C33H32F3N7O2S/c1-41-11-17-7-18(12-41)43(17)31-26-21-14-44-13-20(21)25(27-22(35)3-4-23-24(27)19(9-37)30(38)46-23)28(36)29(26)39-32(40-31)45-15-33-5-2-6-42(33)10-16(34)8-33/h3-4,16-18H,2,5-8,10-15,38H2,1H3/t16-,17?,18?,33+/m1/s1/i1D3. The summed E-state index contributed by atoms with van der Waals surface area (Å²) in [7, 11) is 0. The van der Waals surface area contributed by atoms with Crippen LogP contribution < -0.4 is 15.4 Å². The van der Waals surface area contributed by atoms with E-state index in [4.69, 9.17) is 24.3 Å². The zero-order chi connectivity index (χ0) is 34.0. The molecule has 2 bridgehead atoms. The van der Waals surface area contributed by atoms with E-state index in [0.717, 1.165) is 37.1 Å². The van der Waals surface area contributed by atoms with Gasteiger partial charge in [-0.25, -0.2) is 13.2 Å². The lowest BCUT2D eigenvalue weighted by atomic mass is 9.86. The van der Waals surface area contributed by atoms with Gasteiger partial charge in [0.2, 0.25) is 0 Å². The summed E-state index contributed by atoms with van der Waals surface area (Å²) in [6.45, 7) is -0.399. The van der Waals surface area contributed by atoms with Crippen LogP contribution in [0.2, 0.25) is 0 Å². The Morgan fingerprint density at radius 1 is 1.17 bits per heavy atom. The van der Waals surface area contributed by atoms with Crippen molar-refractivity contribution in [2.75, 3.05) is 50.4 Å². The molecule has 2 N–H and O–H groups in total. The molecule has 6 aliphatic heterocycles. The summed E-state index contributed by atoms with van der Waals surface area (Å²) in [6, 6.07) is 4.34. The average molecular weight is 651 g/mol. The summed E-state index contributed by atoms with van der Waals surface area (Å²) in [5.74, 6) is -1.12. The van der Waals surface area contributed by atoms with Crippen LogP contribution in [0.25, 0.3) is 32.1 Å². The Morgan fingerprint density at radius 2 is 2.00 bits per heavy atom. The Hall–Kier alpha value is -3.70. The van der Waals surface area contributed by atoms with Crippen molar-refractivity contribution < 1.29 is 26.8 Å². The molecular formula is C33H32F3N7O2S. The van der Waals surface area contributed by atoms with Crippen LogP contribution in [0.3, 0.4) is 0 Å². The Balaban J connectivity index is 1.24. The van der Waals surface area contributed by atoms with Gasteiger partial charge < -0.3 is 25.0 Å². The summed E-state index contributed by atoms with van der Waals surface area (Å²) in [4.78, 5) is 15.1. The zero-order valence-corrected chi connectivity index (χ0v) is 25.6. The normalized spacial score (nSPS) is 28.5. The predicted molar refractivity (Wildman–Crippen MR) is 169 cm³/mol. The largest absolute Gasteiger partial charge is 0.461 e. The van der Waals surface area contributed by atoms with E-state index < -0.39 is 30.3 Å². The Morgan fingerprint density at radius 3 is 2.80 bits per heavy atom. The fraction of sp³-hybridized carbons (Fsp3) is 0.485. The van der Waals surface area contributed by atoms with Gasteiger partial charge in [0.25, 0.3) is 0 Å². The lowest BCUT2D eigenvalue weighted by Crippen LogP contribution is -2.68. The van der Waals surface area contributed by atoms with E-state index in [2.05, 4.69) is 16.0 Å². The predicted octanol–water partition coefficient (Wildman–Crippen LogP) is 5.12. The molecule has 4 atom stereocenters.